The highest BCUT2D eigenvalue weighted by molar-refractivity contribution is 7.51. The summed E-state index contributed by atoms with van der Waals surface area (Å²) in [7, 11) is -3.75. The summed E-state index contributed by atoms with van der Waals surface area (Å²) in [5.41, 5.74) is 8.08. The third kappa shape index (κ3) is 5.38. The zero-order chi connectivity index (χ0) is 20.1. The van der Waals surface area contributed by atoms with Gasteiger partial charge in [-0.1, -0.05) is 38.0 Å². The van der Waals surface area contributed by atoms with Crippen molar-refractivity contribution in [2.45, 2.75) is 32.6 Å². The first kappa shape index (κ1) is 20.5. The van der Waals surface area contributed by atoms with Gasteiger partial charge in [-0.25, -0.2) is 15.0 Å². The second-order valence-corrected chi connectivity index (χ2v) is 9.05. The number of fused-ring (bicyclic) bond motifs is 1. The van der Waals surface area contributed by atoms with Crippen molar-refractivity contribution in [2.24, 2.45) is 11.8 Å². The molecule has 3 aromatic rings. The van der Waals surface area contributed by atoms with Gasteiger partial charge in [0.15, 0.2) is 17.0 Å². The summed E-state index contributed by atoms with van der Waals surface area (Å²) >= 11 is 0. The van der Waals surface area contributed by atoms with Gasteiger partial charge in [-0.3, -0.25) is 9.13 Å². The summed E-state index contributed by atoms with van der Waals surface area (Å²) in [5, 5.41) is 0. The van der Waals surface area contributed by atoms with Crippen molar-refractivity contribution in [3.8, 4) is 5.69 Å². The fourth-order valence-corrected chi connectivity index (χ4v) is 4.52. The van der Waals surface area contributed by atoms with E-state index in [9.17, 15) is 4.57 Å². The molecular weight excluding hydrogens is 377 g/mol. The number of imidazole rings is 1. The predicted molar refractivity (Wildman–Crippen MR) is 109 cm³/mol. The molecule has 2 aromatic heterocycles. The number of nitrogens with zero attached hydrogens (tertiary/aromatic N) is 4. The van der Waals surface area contributed by atoms with Crippen LogP contribution in [-0.4, -0.2) is 35.5 Å². The molecule has 0 amide bonds. The van der Waals surface area contributed by atoms with Crippen LogP contribution in [0, 0.1) is 11.8 Å². The number of hydrogen-bond acceptors (Lipinski definition) is 5. The minimum atomic E-state index is -3.75. The molecule has 1 saturated carbocycles. The summed E-state index contributed by atoms with van der Waals surface area (Å²) in [6, 6.07) is 9.86. The number of nitrogens with two attached hydrogens (primary N) is 1. The molecule has 0 unspecified atom stereocenters. The Morgan fingerprint density at radius 3 is 2.43 bits per heavy atom. The van der Waals surface area contributed by atoms with Gasteiger partial charge >= 0.3 is 7.60 Å². The Morgan fingerprint density at radius 1 is 1.11 bits per heavy atom. The molecule has 0 bridgehead atoms. The average molecular weight is 403 g/mol. The highest BCUT2D eigenvalue weighted by atomic mass is 31.2. The predicted octanol–water partition coefficient (Wildman–Crippen LogP) is 3.39. The first-order valence-corrected chi connectivity index (χ1v) is 11.2. The van der Waals surface area contributed by atoms with E-state index in [0.29, 0.717) is 11.3 Å². The summed E-state index contributed by atoms with van der Waals surface area (Å²) < 4.78 is 12.6. The minimum Gasteiger partial charge on any atom is -0.382 e. The molecule has 2 heterocycles. The van der Waals surface area contributed by atoms with E-state index in [-0.39, 0.29) is 12.1 Å². The third-order valence-electron chi connectivity index (χ3n) is 5.03. The van der Waals surface area contributed by atoms with E-state index in [1.54, 1.807) is 6.33 Å². The molecule has 1 aliphatic rings. The van der Waals surface area contributed by atoms with Crippen molar-refractivity contribution >= 4 is 24.6 Å². The first-order chi connectivity index (χ1) is 13.3. The first-order valence-electron chi connectivity index (χ1n) is 9.37. The molecule has 150 valence electrons. The lowest BCUT2D eigenvalue weighted by Crippen LogP contribution is -2.15. The number of anilines is 1. The van der Waals surface area contributed by atoms with Crippen molar-refractivity contribution in [3.05, 3.63) is 43.0 Å². The Bertz CT molecular complexity index is 949. The maximum atomic E-state index is 10.7. The highest BCUT2D eigenvalue weighted by Crippen LogP contribution is 2.41. The maximum absolute atomic E-state index is 10.7. The number of para-hydroxylation sites is 1. The van der Waals surface area contributed by atoms with Crippen LogP contribution in [0.4, 0.5) is 5.82 Å². The summed E-state index contributed by atoms with van der Waals surface area (Å²) in [6.07, 6.45) is 7.48. The zero-order valence-electron chi connectivity index (χ0n) is 15.8. The van der Waals surface area contributed by atoms with Crippen LogP contribution < -0.4 is 5.73 Å². The van der Waals surface area contributed by atoms with E-state index in [2.05, 4.69) is 21.9 Å². The maximum Gasteiger partial charge on any atom is 0.325 e. The molecule has 1 aromatic carbocycles. The molecule has 9 heteroatoms. The molecule has 4 N–H and O–H groups in total. The van der Waals surface area contributed by atoms with Crippen molar-refractivity contribution < 1.29 is 14.4 Å². The van der Waals surface area contributed by atoms with Crippen LogP contribution in [-0.2, 0) is 4.57 Å². The van der Waals surface area contributed by atoms with Gasteiger partial charge in [0, 0.05) is 5.69 Å². The average Bonchev–Trinajstić information content (AvgIpc) is 3.09. The van der Waals surface area contributed by atoms with Gasteiger partial charge in [0.05, 0.1) is 6.16 Å². The lowest BCUT2D eigenvalue weighted by atomic mass is 9.84. The molecule has 0 atom stereocenters. The van der Waals surface area contributed by atoms with Gasteiger partial charge in [-0.05, 0) is 36.8 Å². The summed E-state index contributed by atoms with van der Waals surface area (Å²) in [5.74, 6) is 1.42. The Morgan fingerprint density at radius 2 is 1.79 bits per heavy atom. The van der Waals surface area contributed by atoms with Gasteiger partial charge in [-0.2, -0.15) is 0 Å². The van der Waals surface area contributed by atoms with Crippen molar-refractivity contribution in [3.63, 3.8) is 0 Å². The van der Waals surface area contributed by atoms with Crippen LogP contribution >= 0.6 is 7.60 Å². The van der Waals surface area contributed by atoms with Gasteiger partial charge < -0.3 is 15.5 Å². The van der Waals surface area contributed by atoms with E-state index in [0.717, 1.165) is 42.9 Å². The normalized spacial score (nSPS) is 19.8. The van der Waals surface area contributed by atoms with Gasteiger partial charge in [0.25, 0.3) is 0 Å². The van der Waals surface area contributed by atoms with Crippen LogP contribution in [0.3, 0.4) is 0 Å². The van der Waals surface area contributed by atoms with E-state index >= 15 is 0 Å². The van der Waals surface area contributed by atoms with Gasteiger partial charge in [-0.15, -0.1) is 0 Å². The number of rotatable bonds is 3. The largest absolute Gasteiger partial charge is 0.382 e. The number of nitrogen functional groups attached to an aromatic ring is 1. The molecule has 28 heavy (non-hydrogen) atoms. The van der Waals surface area contributed by atoms with Gasteiger partial charge in [0.2, 0.25) is 0 Å². The number of aromatic nitrogens is 4. The molecule has 0 spiro atoms. The Balaban J connectivity index is 0.000000169. The van der Waals surface area contributed by atoms with Crippen molar-refractivity contribution in [2.75, 3.05) is 11.9 Å². The highest BCUT2D eigenvalue weighted by Gasteiger charge is 2.25. The lowest BCUT2D eigenvalue weighted by Gasteiger charge is -2.25. The number of hydrogen-bond donors (Lipinski definition) is 3. The van der Waals surface area contributed by atoms with Crippen molar-refractivity contribution in [1.29, 1.82) is 0 Å². The smallest absolute Gasteiger partial charge is 0.325 e. The standard InChI is InChI=1S/C11H9N5.C8H17O3P/c12-10-9-11(14-6-13-10)16(7-15-9)8-4-2-1-3-5-8;1-7-2-4-8(5-3-7)6-12(9,10)11/h1-7H,(H2,12,13,14);7-8H,2-6H2,1H3,(H2,9,10,11). The third-order valence-corrected chi connectivity index (χ3v) is 6.02. The molecule has 0 radical (unpaired) electrons. The topological polar surface area (TPSA) is 127 Å². The monoisotopic (exact) mass is 403 g/mol. The molecular formula is C19H26N5O3P. The van der Waals surface area contributed by atoms with Crippen molar-refractivity contribution in [1.82, 2.24) is 19.5 Å². The molecule has 0 aliphatic heterocycles. The molecule has 1 aliphatic carbocycles. The summed E-state index contributed by atoms with van der Waals surface area (Å²) in [4.78, 5) is 29.8. The van der Waals surface area contributed by atoms with Crippen LogP contribution in [0.15, 0.2) is 43.0 Å². The van der Waals surface area contributed by atoms with Crippen LogP contribution in [0.25, 0.3) is 16.9 Å². The molecule has 8 nitrogen and oxygen atoms in total. The molecule has 1 fully saturated rings. The Kier molecular flexibility index (Phi) is 6.44. The minimum absolute atomic E-state index is 0.0969. The fraction of sp³-hybridized carbons (Fsp3) is 0.421. The van der Waals surface area contributed by atoms with Crippen LogP contribution in [0.1, 0.15) is 32.6 Å². The number of benzene rings is 1. The second-order valence-electron chi connectivity index (χ2n) is 7.35. The Hall–Kier alpha value is -2.28. The zero-order valence-corrected chi connectivity index (χ0v) is 16.7. The lowest BCUT2D eigenvalue weighted by molar-refractivity contribution is 0.290. The molecule has 0 saturated heterocycles. The van der Waals surface area contributed by atoms with E-state index in [4.69, 9.17) is 15.5 Å². The van der Waals surface area contributed by atoms with Crippen LogP contribution in [0.2, 0.25) is 0 Å². The fourth-order valence-electron chi connectivity index (χ4n) is 3.48. The quantitative estimate of drug-likeness (QED) is 0.572. The van der Waals surface area contributed by atoms with Crippen LogP contribution in [0.5, 0.6) is 0 Å². The van der Waals surface area contributed by atoms with E-state index in [1.807, 2.05) is 34.9 Å². The van der Waals surface area contributed by atoms with Gasteiger partial charge in [0.1, 0.15) is 12.7 Å². The Labute approximate surface area is 164 Å². The summed E-state index contributed by atoms with van der Waals surface area (Å²) in [6.45, 7) is 2.20. The SMILES string of the molecule is CC1CCC(CP(=O)(O)O)CC1.Nc1ncnc2c1ncn2-c1ccccc1. The van der Waals surface area contributed by atoms with E-state index in [1.165, 1.54) is 6.33 Å². The molecule has 4 rings (SSSR count). The second kappa shape index (κ2) is 8.82. The van der Waals surface area contributed by atoms with E-state index < -0.39 is 7.60 Å².